The average molecular weight is 562 g/mol. The number of alkyl carbamates (subject to hydrolysis) is 1. The Balaban J connectivity index is 1.33. The van der Waals surface area contributed by atoms with Gasteiger partial charge in [-0.3, -0.25) is 14.5 Å². The standard InChI is InChI=1S/C28H34F3N5O4/c1-15(19-7-5-6-8-20(19)28(29,30)31)35-18-11-23(25(35)38)34(13-18)14-21(33-26(39)40-27(2,3)4)24(37)36-17(12-32)9-16-10-22(16)36/h5-8,15-18,21-23H,9-11,13-14H2,1-4H3,(H,33,39)/t15?,16?,17?,18?,21-,22?,23-/m0/s1. The molecule has 4 aliphatic rings. The van der Waals surface area contributed by atoms with Crippen LogP contribution in [0, 0.1) is 17.2 Å². The highest BCUT2D eigenvalue weighted by molar-refractivity contribution is 5.89. The van der Waals surface area contributed by atoms with Gasteiger partial charge in [0.2, 0.25) is 11.8 Å². The molecule has 4 fully saturated rings. The van der Waals surface area contributed by atoms with Crippen molar-refractivity contribution < 1.29 is 32.3 Å². The number of benzene rings is 1. The number of nitriles is 1. The summed E-state index contributed by atoms with van der Waals surface area (Å²) >= 11 is 0. The van der Waals surface area contributed by atoms with Crippen LogP contribution in [0.25, 0.3) is 0 Å². The highest BCUT2D eigenvalue weighted by Crippen LogP contribution is 2.48. The van der Waals surface area contributed by atoms with Crippen LogP contribution in [0.5, 0.6) is 0 Å². The van der Waals surface area contributed by atoms with Crippen LogP contribution in [0.4, 0.5) is 18.0 Å². The number of nitrogens with zero attached hydrogens (tertiary/aromatic N) is 4. The number of amides is 3. The Morgan fingerprint density at radius 1 is 1.18 bits per heavy atom. The van der Waals surface area contributed by atoms with Gasteiger partial charge in [-0.2, -0.15) is 18.4 Å². The van der Waals surface area contributed by atoms with Crippen molar-refractivity contribution in [1.82, 2.24) is 20.0 Å². The lowest BCUT2D eigenvalue weighted by Gasteiger charge is -2.39. The number of ether oxygens (including phenoxy) is 1. The van der Waals surface area contributed by atoms with Gasteiger partial charge in [-0.05, 0) is 64.5 Å². The molecule has 3 saturated heterocycles. The van der Waals surface area contributed by atoms with Crippen molar-refractivity contribution in [3.63, 3.8) is 0 Å². The number of rotatable bonds is 6. The fraction of sp³-hybridized carbons (Fsp3) is 0.643. The molecule has 3 amide bonds. The van der Waals surface area contributed by atoms with Gasteiger partial charge < -0.3 is 19.9 Å². The summed E-state index contributed by atoms with van der Waals surface area (Å²) in [6, 6.07) is 4.08. The molecule has 1 aromatic rings. The van der Waals surface area contributed by atoms with E-state index in [-0.39, 0.29) is 41.9 Å². The minimum atomic E-state index is -4.54. The molecule has 5 unspecified atom stereocenters. The van der Waals surface area contributed by atoms with E-state index in [9.17, 15) is 32.8 Å². The summed E-state index contributed by atoms with van der Waals surface area (Å²) in [5.41, 5.74) is -1.52. The van der Waals surface area contributed by atoms with E-state index in [0.717, 1.165) is 12.5 Å². The fourth-order valence-electron chi connectivity index (χ4n) is 6.61. The van der Waals surface area contributed by atoms with E-state index in [0.29, 0.717) is 19.4 Å². The predicted octanol–water partition coefficient (Wildman–Crippen LogP) is 3.46. The average Bonchev–Trinajstić information content (AvgIpc) is 3.18. The summed E-state index contributed by atoms with van der Waals surface area (Å²) in [6.45, 7) is 7.09. The van der Waals surface area contributed by atoms with Gasteiger partial charge in [0.1, 0.15) is 17.7 Å². The van der Waals surface area contributed by atoms with Gasteiger partial charge in [-0.15, -0.1) is 0 Å². The molecule has 1 aliphatic carbocycles. The topological polar surface area (TPSA) is 106 Å². The molecule has 1 aromatic carbocycles. The normalized spacial score (nSPS) is 29.1. The molecule has 3 aliphatic heterocycles. The zero-order valence-electron chi connectivity index (χ0n) is 22.9. The molecule has 7 atom stereocenters. The molecular weight excluding hydrogens is 527 g/mol. The summed E-state index contributed by atoms with van der Waals surface area (Å²) in [6.07, 6.45) is -3.48. The maximum absolute atomic E-state index is 13.7. The molecule has 0 radical (unpaired) electrons. The smallest absolute Gasteiger partial charge is 0.416 e. The summed E-state index contributed by atoms with van der Waals surface area (Å²) in [4.78, 5) is 44.8. The Bertz CT molecular complexity index is 1240. The number of hydrogen-bond donors (Lipinski definition) is 1. The molecule has 3 heterocycles. The molecule has 40 heavy (non-hydrogen) atoms. The number of alkyl halides is 3. The lowest BCUT2D eigenvalue weighted by atomic mass is 9.99. The lowest BCUT2D eigenvalue weighted by molar-refractivity contribution is -0.144. The highest BCUT2D eigenvalue weighted by atomic mass is 19.4. The number of hydrogen-bond acceptors (Lipinski definition) is 6. The number of nitrogens with one attached hydrogen (secondary N) is 1. The minimum absolute atomic E-state index is 0.0261. The second-order valence-electron chi connectivity index (χ2n) is 12.3. The zero-order chi connectivity index (χ0) is 29.1. The molecule has 1 N–H and O–H groups in total. The monoisotopic (exact) mass is 561 g/mol. The zero-order valence-corrected chi connectivity index (χ0v) is 22.9. The Hall–Kier alpha value is -3.33. The van der Waals surface area contributed by atoms with Gasteiger partial charge in [0.05, 0.1) is 23.7 Å². The van der Waals surface area contributed by atoms with E-state index in [1.807, 2.05) is 4.90 Å². The van der Waals surface area contributed by atoms with Gasteiger partial charge in [0.25, 0.3) is 0 Å². The third-order valence-electron chi connectivity index (χ3n) is 8.36. The van der Waals surface area contributed by atoms with Crippen LogP contribution in [0.3, 0.4) is 0 Å². The van der Waals surface area contributed by atoms with Gasteiger partial charge in [0, 0.05) is 25.2 Å². The van der Waals surface area contributed by atoms with Crippen LogP contribution >= 0.6 is 0 Å². The van der Waals surface area contributed by atoms with Gasteiger partial charge in [-0.1, -0.05) is 18.2 Å². The van der Waals surface area contributed by atoms with Crippen LogP contribution in [-0.2, 0) is 20.5 Å². The molecule has 9 nitrogen and oxygen atoms in total. The Morgan fingerprint density at radius 2 is 1.88 bits per heavy atom. The van der Waals surface area contributed by atoms with E-state index in [4.69, 9.17) is 4.74 Å². The van der Waals surface area contributed by atoms with E-state index < -0.39 is 47.6 Å². The number of fused-ring (bicyclic) bond motifs is 3. The molecule has 216 valence electrons. The van der Waals surface area contributed by atoms with E-state index in [1.54, 1.807) is 32.6 Å². The predicted molar refractivity (Wildman–Crippen MR) is 136 cm³/mol. The van der Waals surface area contributed by atoms with E-state index >= 15 is 0 Å². The largest absolute Gasteiger partial charge is 0.444 e. The second kappa shape index (κ2) is 9.94. The molecule has 5 rings (SSSR count). The number of halogens is 3. The summed E-state index contributed by atoms with van der Waals surface area (Å²) in [7, 11) is 0. The highest BCUT2D eigenvalue weighted by Gasteiger charge is 2.57. The Labute approximate surface area is 231 Å². The van der Waals surface area contributed by atoms with Crippen molar-refractivity contribution in [2.45, 2.75) is 95.0 Å². The molecule has 2 bridgehead atoms. The number of carbonyl (C=O) groups is 3. The second-order valence-corrected chi connectivity index (χ2v) is 12.3. The molecule has 12 heteroatoms. The number of piperidine rings is 1. The van der Waals surface area contributed by atoms with E-state index in [1.165, 1.54) is 23.1 Å². The van der Waals surface area contributed by atoms with Gasteiger partial charge in [-0.25, -0.2) is 4.79 Å². The van der Waals surface area contributed by atoms with Crippen LogP contribution in [0.2, 0.25) is 0 Å². The summed E-state index contributed by atoms with van der Waals surface area (Å²) < 4.78 is 46.4. The number of piperazine rings is 1. The number of likely N-dealkylation sites (tertiary alicyclic amines) is 3. The first-order chi connectivity index (χ1) is 18.7. The molecule has 0 spiro atoms. The molecular formula is C28H34F3N5O4. The van der Waals surface area contributed by atoms with Gasteiger partial charge >= 0.3 is 12.3 Å². The van der Waals surface area contributed by atoms with Crippen LogP contribution in [-0.4, -0.2) is 81.5 Å². The van der Waals surface area contributed by atoms with E-state index in [2.05, 4.69) is 11.4 Å². The minimum Gasteiger partial charge on any atom is -0.444 e. The first kappa shape index (κ1) is 28.2. The summed E-state index contributed by atoms with van der Waals surface area (Å²) in [5, 5.41) is 12.3. The maximum atomic E-state index is 13.7. The quantitative estimate of drug-likeness (QED) is 0.571. The first-order valence-corrected chi connectivity index (χ1v) is 13.6. The lowest BCUT2D eigenvalue weighted by Crippen LogP contribution is -2.59. The van der Waals surface area contributed by atoms with Crippen molar-refractivity contribution in [2.75, 3.05) is 13.1 Å². The van der Waals surface area contributed by atoms with Crippen LogP contribution in [0.15, 0.2) is 24.3 Å². The Kier molecular flexibility index (Phi) is 7.01. The SMILES string of the molecule is CC(c1ccccc1C(F)(F)F)N1C(=O)[C@@H]2CC1CN2C[C@H](NC(=O)OC(C)(C)C)C(=O)N1C(C#N)CC2CC21. The van der Waals surface area contributed by atoms with Crippen molar-refractivity contribution >= 4 is 17.9 Å². The first-order valence-electron chi connectivity index (χ1n) is 13.6. The maximum Gasteiger partial charge on any atom is 0.416 e. The molecule has 0 aromatic heterocycles. The summed E-state index contributed by atoms with van der Waals surface area (Å²) in [5.74, 6) is -0.403. The van der Waals surface area contributed by atoms with Crippen LogP contribution < -0.4 is 5.32 Å². The van der Waals surface area contributed by atoms with Crippen molar-refractivity contribution in [2.24, 2.45) is 5.92 Å². The third kappa shape index (κ3) is 5.23. The van der Waals surface area contributed by atoms with Crippen molar-refractivity contribution in [1.29, 1.82) is 5.26 Å². The van der Waals surface area contributed by atoms with Gasteiger partial charge in [0.15, 0.2) is 0 Å². The van der Waals surface area contributed by atoms with Crippen LogP contribution in [0.1, 0.15) is 64.1 Å². The molecule has 1 saturated carbocycles. The third-order valence-corrected chi connectivity index (χ3v) is 8.36. The van der Waals surface area contributed by atoms with Crippen molar-refractivity contribution in [3.05, 3.63) is 35.4 Å². The fourth-order valence-corrected chi connectivity index (χ4v) is 6.61. The number of carbonyl (C=O) groups excluding carboxylic acids is 3. The van der Waals surface area contributed by atoms with Crippen molar-refractivity contribution in [3.8, 4) is 6.07 Å². The Morgan fingerprint density at radius 3 is 2.50 bits per heavy atom.